The van der Waals surface area contributed by atoms with Crippen LogP contribution >= 0.6 is 0 Å². The van der Waals surface area contributed by atoms with Gasteiger partial charge in [-0.3, -0.25) is 14.4 Å². The second-order valence-corrected chi connectivity index (χ2v) is 4.32. The lowest BCUT2D eigenvalue weighted by Gasteiger charge is -2.15. The number of aliphatic carboxylic acids is 1. The molecule has 7 heteroatoms. The fourth-order valence-electron chi connectivity index (χ4n) is 1.33. The molecule has 0 heterocycles. The van der Waals surface area contributed by atoms with Gasteiger partial charge in [0, 0.05) is 29.1 Å². The van der Waals surface area contributed by atoms with Crippen molar-refractivity contribution >= 4 is 25.9 Å². The van der Waals surface area contributed by atoms with Crippen molar-refractivity contribution in [3.8, 4) is 0 Å². The number of carbonyl (C=O) groups excluding carboxylic acids is 2. The van der Waals surface area contributed by atoms with Crippen LogP contribution in [-0.4, -0.2) is 57.5 Å². The molecule has 0 aromatic carbocycles. The molecule has 0 aliphatic carbocycles. The fraction of sp³-hybridized carbons (Fsp3) is 0.824. The SMILES string of the molecule is C.C.C.C.COC(C)C(C(C)=O)C(=O)O.COC(C)CC(C)=O.[B]. The second kappa shape index (κ2) is 24.1. The molecule has 0 spiro atoms. The van der Waals surface area contributed by atoms with Crippen molar-refractivity contribution in [2.45, 2.75) is 76.0 Å². The Morgan fingerprint density at radius 3 is 1.38 bits per heavy atom. The Kier molecular flexibility index (Phi) is 43.5. The van der Waals surface area contributed by atoms with Gasteiger partial charge in [-0.05, 0) is 27.7 Å². The molecule has 0 aliphatic rings. The fourth-order valence-corrected chi connectivity index (χ4v) is 1.33. The maximum Gasteiger partial charge on any atom is 0.316 e. The van der Waals surface area contributed by atoms with E-state index in [1.54, 1.807) is 21.0 Å². The van der Waals surface area contributed by atoms with Crippen LogP contribution in [-0.2, 0) is 23.9 Å². The van der Waals surface area contributed by atoms with Crippen molar-refractivity contribution in [1.29, 1.82) is 0 Å². The van der Waals surface area contributed by atoms with Crippen LogP contribution in [0.5, 0.6) is 0 Å². The van der Waals surface area contributed by atoms with Gasteiger partial charge < -0.3 is 14.6 Å². The highest BCUT2D eigenvalue weighted by atomic mass is 16.5. The first-order chi connectivity index (χ1) is 8.67. The summed E-state index contributed by atoms with van der Waals surface area (Å²) in [5, 5.41) is 8.54. The summed E-state index contributed by atoms with van der Waals surface area (Å²) in [6.45, 7) is 6.24. The Bertz CT molecular complexity index is 293. The van der Waals surface area contributed by atoms with E-state index in [0.717, 1.165) is 0 Å². The van der Waals surface area contributed by atoms with E-state index in [0.29, 0.717) is 6.42 Å². The zero-order chi connectivity index (χ0) is 15.6. The van der Waals surface area contributed by atoms with Gasteiger partial charge >= 0.3 is 5.97 Å². The summed E-state index contributed by atoms with van der Waals surface area (Å²) in [6, 6.07) is 0. The molecule has 0 bridgehead atoms. The Morgan fingerprint density at radius 2 is 1.29 bits per heavy atom. The summed E-state index contributed by atoms with van der Waals surface area (Å²) in [6.07, 6.45) is 0.0359. The van der Waals surface area contributed by atoms with Crippen molar-refractivity contribution in [1.82, 2.24) is 0 Å². The van der Waals surface area contributed by atoms with Crippen LogP contribution in [0.25, 0.3) is 0 Å². The van der Waals surface area contributed by atoms with Gasteiger partial charge in [-0.15, -0.1) is 0 Å². The molecule has 0 saturated heterocycles. The molecule has 3 atom stereocenters. The van der Waals surface area contributed by atoms with Crippen LogP contribution in [0.15, 0.2) is 0 Å². The van der Waals surface area contributed by atoms with Crippen LogP contribution in [0.3, 0.4) is 0 Å². The first-order valence-corrected chi connectivity index (χ1v) is 5.95. The molecule has 6 nitrogen and oxygen atoms in total. The number of ketones is 2. The Balaban J connectivity index is -0.0000000410. The van der Waals surface area contributed by atoms with E-state index in [1.807, 2.05) is 6.92 Å². The number of Topliss-reactive ketones (excluding diaryl/α,β-unsaturated/α-hetero) is 2. The number of methoxy groups -OCH3 is 2. The minimum atomic E-state index is -1.13. The number of carboxylic acid groups (broad SMARTS) is 1. The molecule has 147 valence electrons. The summed E-state index contributed by atoms with van der Waals surface area (Å²) < 4.78 is 9.57. The average molecular weight is 351 g/mol. The first kappa shape index (κ1) is 43.4. The minimum Gasteiger partial charge on any atom is -0.481 e. The van der Waals surface area contributed by atoms with Gasteiger partial charge in [-0.2, -0.15) is 0 Å². The molecule has 0 fully saturated rings. The van der Waals surface area contributed by atoms with Crippen LogP contribution in [0, 0.1) is 5.92 Å². The molecule has 0 saturated carbocycles. The van der Waals surface area contributed by atoms with E-state index in [9.17, 15) is 14.4 Å². The van der Waals surface area contributed by atoms with Gasteiger partial charge in [0.25, 0.3) is 0 Å². The largest absolute Gasteiger partial charge is 0.481 e. The Hall–Kier alpha value is -1.21. The van der Waals surface area contributed by atoms with Crippen LogP contribution < -0.4 is 0 Å². The third-order valence-corrected chi connectivity index (χ3v) is 2.52. The Morgan fingerprint density at radius 1 is 0.917 bits per heavy atom. The lowest BCUT2D eigenvalue weighted by atomic mass is 10.00. The third-order valence-electron chi connectivity index (χ3n) is 2.52. The number of hydrogen-bond acceptors (Lipinski definition) is 5. The van der Waals surface area contributed by atoms with Crippen molar-refractivity contribution in [2.24, 2.45) is 5.92 Å². The van der Waals surface area contributed by atoms with Crippen molar-refractivity contribution in [3.05, 3.63) is 0 Å². The van der Waals surface area contributed by atoms with E-state index in [1.165, 1.54) is 14.0 Å². The summed E-state index contributed by atoms with van der Waals surface area (Å²) in [5.74, 6) is -2.38. The number of carboxylic acids is 1. The van der Waals surface area contributed by atoms with E-state index >= 15 is 0 Å². The molecule has 0 aromatic heterocycles. The van der Waals surface area contributed by atoms with Crippen molar-refractivity contribution in [3.63, 3.8) is 0 Å². The highest BCUT2D eigenvalue weighted by Crippen LogP contribution is 2.08. The second-order valence-electron chi connectivity index (χ2n) is 4.32. The lowest BCUT2D eigenvalue weighted by molar-refractivity contribution is -0.150. The van der Waals surface area contributed by atoms with Gasteiger partial charge in [0.05, 0.1) is 12.2 Å². The maximum atomic E-state index is 10.7. The van der Waals surface area contributed by atoms with Gasteiger partial charge in [0.2, 0.25) is 0 Å². The van der Waals surface area contributed by atoms with Crippen molar-refractivity contribution in [2.75, 3.05) is 14.2 Å². The molecular weight excluding hydrogens is 311 g/mol. The number of ether oxygens (including phenoxy) is 2. The quantitative estimate of drug-likeness (QED) is 0.558. The zero-order valence-corrected chi connectivity index (χ0v) is 13.0. The summed E-state index contributed by atoms with van der Waals surface area (Å²) >= 11 is 0. The molecular formula is C17H40BO6. The molecule has 3 unspecified atom stereocenters. The summed E-state index contributed by atoms with van der Waals surface area (Å²) in [7, 11) is 2.98. The summed E-state index contributed by atoms with van der Waals surface area (Å²) in [4.78, 5) is 31.5. The molecule has 1 N–H and O–H groups in total. The van der Waals surface area contributed by atoms with Gasteiger partial charge in [0.1, 0.15) is 17.5 Å². The van der Waals surface area contributed by atoms with Gasteiger partial charge in [-0.1, -0.05) is 29.7 Å². The highest BCUT2D eigenvalue weighted by molar-refractivity contribution is 5.97. The standard InChI is InChI=1S/C7H12O4.C6H12O2.4CH4.B/c1-4(8)6(7(9)10)5(2)11-3;1-5(7)4-6(2)8-3;;;;;/h5-6H,1-3H3,(H,9,10);6H,4H2,1-3H3;4*1H4;. The summed E-state index contributed by atoms with van der Waals surface area (Å²) in [5.41, 5.74) is 0. The average Bonchev–Trinajstić information content (AvgIpc) is 2.27. The predicted octanol–water partition coefficient (Wildman–Crippen LogP) is 3.48. The monoisotopic (exact) mass is 351 g/mol. The molecule has 24 heavy (non-hydrogen) atoms. The molecule has 0 aromatic rings. The minimum absolute atomic E-state index is 0. The molecule has 0 amide bonds. The van der Waals surface area contributed by atoms with E-state index in [4.69, 9.17) is 14.6 Å². The molecule has 0 rings (SSSR count). The first-order valence-electron chi connectivity index (χ1n) is 5.95. The van der Waals surface area contributed by atoms with Crippen molar-refractivity contribution < 1.29 is 29.0 Å². The number of carbonyl (C=O) groups is 3. The van der Waals surface area contributed by atoms with Crippen LogP contribution in [0.2, 0.25) is 0 Å². The van der Waals surface area contributed by atoms with Gasteiger partial charge in [0.15, 0.2) is 0 Å². The van der Waals surface area contributed by atoms with Gasteiger partial charge in [-0.25, -0.2) is 0 Å². The topological polar surface area (TPSA) is 89.9 Å². The van der Waals surface area contributed by atoms with Crippen LogP contribution in [0.4, 0.5) is 0 Å². The molecule has 3 radical (unpaired) electrons. The highest BCUT2D eigenvalue weighted by Gasteiger charge is 2.28. The zero-order valence-electron chi connectivity index (χ0n) is 13.0. The van der Waals surface area contributed by atoms with Crippen LogP contribution in [0.1, 0.15) is 63.8 Å². The number of hydrogen-bond donors (Lipinski definition) is 1. The van der Waals surface area contributed by atoms with E-state index in [2.05, 4.69) is 0 Å². The predicted molar refractivity (Wildman–Crippen MR) is 103 cm³/mol. The third kappa shape index (κ3) is 23.1. The number of rotatable bonds is 7. The lowest BCUT2D eigenvalue weighted by Crippen LogP contribution is -2.32. The maximum absolute atomic E-state index is 10.7. The normalized spacial score (nSPS) is 11.6. The van der Waals surface area contributed by atoms with E-state index < -0.39 is 18.0 Å². The molecule has 0 aliphatic heterocycles. The Labute approximate surface area is 151 Å². The smallest absolute Gasteiger partial charge is 0.316 e. The van der Waals surface area contributed by atoms with E-state index in [-0.39, 0.29) is 55.8 Å².